The third kappa shape index (κ3) is 5.93. The van der Waals surface area contributed by atoms with E-state index >= 15 is 0 Å². The molecule has 6 aromatic carbocycles. The van der Waals surface area contributed by atoms with Crippen molar-refractivity contribution in [3.8, 4) is 33.4 Å². The zero-order valence-corrected chi connectivity index (χ0v) is 39.2. The molecule has 13 rings (SSSR count). The summed E-state index contributed by atoms with van der Waals surface area (Å²) in [6.07, 6.45) is 12.0. The van der Waals surface area contributed by atoms with E-state index in [1.54, 1.807) is 11.1 Å². The van der Waals surface area contributed by atoms with Gasteiger partial charge in [0.25, 0.3) is 0 Å². The summed E-state index contributed by atoms with van der Waals surface area (Å²) in [5.74, 6) is 3.43. The fourth-order valence-corrected chi connectivity index (χ4v) is 14.9. The van der Waals surface area contributed by atoms with Crippen LogP contribution in [0.3, 0.4) is 0 Å². The number of nitrogens with zero attached hydrogens (tertiary/aromatic N) is 1. The van der Waals surface area contributed by atoms with Gasteiger partial charge in [0.1, 0.15) is 0 Å². The molecule has 4 saturated carbocycles. The van der Waals surface area contributed by atoms with Crippen molar-refractivity contribution in [1.82, 2.24) is 0 Å². The van der Waals surface area contributed by atoms with Crippen LogP contribution in [0.15, 0.2) is 127 Å². The minimum Gasteiger partial charge on any atom is -0.310 e. The van der Waals surface area contributed by atoms with Crippen molar-refractivity contribution >= 4 is 17.1 Å². The lowest BCUT2D eigenvalue weighted by Crippen LogP contribution is -2.55. The molecule has 0 aliphatic heterocycles. The molecular weight excluding hydrogens is 759 g/mol. The molecule has 0 N–H and O–H groups in total. The second-order valence-electron chi connectivity index (χ2n) is 23.9. The maximum absolute atomic E-state index is 2.64. The highest BCUT2D eigenvalue weighted by Gasteiger charge is 2.61. The van der Waals surface area contributed by atoms with Gasteiger partial charge in [0.05, 0.1) is 0 Å². The summed E-state index contributed by atoms with van der Waals surface area (Å²) >= 11 is 0. The molecule has 0 heterocycles. The first-order chi connectivity index (χ1) is 30.1. The van der Waals surface area contributed by atoms with E-state index in [4.69, 9.17) is 0 Å². The average molecular weight is 826 g/mol. The van der Waals surface area contributed by atoms with Crippen LogP contribution in [0.1, 0.15) is 147 Å². The van der Waals surface area contributed by atoms with Gasteiger partial charge >= 0.3 is 0 Å². The SMILES string of the molecule is CC1(C)CCC(C)(C)c2cc(-c3ccc(N(c4ccc(-c5ccc6c(c5)C5(c7ccccc7-6)C6CC7CC(C6)CC5C7)cc4)c4ccc5c(c4)C(C)(C)CCC5(C)C)cc3)ccc21. The highest BCUT2D eigenvalue weighted by Crippen LogP contribution is 2.69. The molecule has 0 aromatic heterocycles. The smallest absolute Gasteiger partial charge is 0.0464 e. The molecule has 4 fully saturated rings. The molecule has 7 aliphatic rings. The quantitative estimate of drug-likeness (QED) is 0.167. The third-order valence-corrected chi connectivity index (χ3v) is 18.4. The van der Waals surface area contributed by atoms with Crippen LogP contribution < -0.4 is 4.90 Å². The van der Waals surface area contributed by atoms with Crippen molar-refractivity contribution in [3.05, 3.63) is 161 Å². The van der Waals surface area contributed by atoms with Gasteiger partial charge < -0.3 is 4.90 Å². The normalized spacial score (nSPS) is 27.0. The summed E-state index contributed by atoms with van der Waals surface area (Å²) in [6.45, 7) is 19.5. The Morgan fingerprint density at radius 3 is 1.32 bits per heavy atom. The van der Waals surface area contributed by atoms with E-state index < -0.39 is 0 Å². The van der Waals surface area contributed by atoms with Crippen LogP contribution in [-0.4, -0.2) is 0 Å². The van der Waals surface area contributed by atoms with E-state index in [9.17, 15) is 0 Å². The van der Waals surface area contributed by atoms with E-state index in [1.165, 1.54) is 130 Å². The average Bonchev–Trinajstić information content (AvgIpc) is 3.56. The Labute approximate surface area is 378 Å². The van der Waals surface area contributed by atoms with Crippen LogP contribution >= 0.6 is 0 Å². The standard InChI is InChI=1S/C62H67N/c1-58(2)27-29-60(5,6)56-37-44(18-25-53(56)58)42-15-21-48(22-16-42)63(49-23-26-54-57(38-49)61(7,8)30-28-59(54,3)4)47-19-13-41(14-20-47)43-17-24-51-50-11-9-10-12-52(50)62(55(51)36-43)45-32-39-31-40(34-45)35-46(62)33-39/h9-26,36-40,45-46H,27-35H2,1-8H3. The molecule has 0 radical (unpaired) electrons. The molecule has 320 valence electrons. The summed E-state index contributed by atoms with van der Waals surface area (Å²) in [4.78, 5) is 2.51. The minimum absolute atomic E-state index is 0.122. The molecule has 63 heavy (non-hydrogen) atoms. The van der Waals surface area contributed by atoms with E-state index in [1.807, 2.05) is 0 Å². The van der Waals surface area contributed by atoms with E-state index in [-0.39, 0.29) is 27.1 Å². The lowest BCUT2D eigenvalue weighted by Gasteiger charge is -2.61. The Balaban J connectivity index is 0.936. The summed E-state index contributed by atoms with van der Waals surface area (Å²) in [5, 5.41) is 0. The molecule has 1 nitrogen and oxygen atoms in total. The Morgan fingerprint density at radius 1 is 0.349 bits per heavy atom. The lowest BCUT2D eigenvalue weighted by molar-refractivity contribution is -0.0399. The molecule has 0 unspecified atom stereocenters. The number of hydrogen-bond donors (Lipinski definition) is 0. The van der Waals surface area contributed by atoms with Gasteiger partial charge in [0, 0.05) is 22.5 Å². The molecule has 1 spiro atoms. The highest BCUT2D eigenvalue weighted by molar-refractivity contribution is 5.86. The van der Waals surface area contributed by atoms with Gasteiger partial charge in [-0.2, -0.15) is 0 Å². The number of benzene rings is 6. The van der Waals surface area contributed by atoms with Gasteiger partial charge in [-0.25, -0.2) is 0 Å². The topological polar surface area (TPSA) is 3.24 Å². The molecule has 0 saturated heterocycles. The van der Waals surface area contributed by atoms with Gasteiger partial charge in [-0.15, -0.1) is 0 Å². The second-order valence-corrected chi connectivity index (χ2v) is 23.9. The van der Waals surface area contributed by atoms with Crippen LogP contribution in [0, 0.1) is 23.7 Å². The minimum atomic E-state index is 0.122. The number of anilines is 3. The fourth-order valence-electron chi connectivity index (χ4n) is 14.9. The largest absolute Gasteiger partial charge is 0.310 e. The van der Waals surface area contributed by atoms with Gasteiger partial charge in [-0.05, 0) is 212 Å². The van der Waals surface area contributed by atoms with E-state index in [2.05, 4.69) is 188 Å². The van der Waals surface area contributed by atoms with Crippen molar-refractivity contribution in [2.24, 2.45) is 23.7 Å². The fraction of sp³-hybridized carbons (Fsp3) is 0.419. The van der Waals surface area contributed by atoms with E-state index in [0.29, 0.717) is 0 Å². The van der Waals surface area contributed by atoms with Crippen LogP contribution in [0.2, 0.25) is 0 Å². The van der Waals surface area contributed by atoms with Crippen molar-refractivity contribution in [3.63, 3.8) is 0 Å². The second kappa shape index (κ2) is 13.6. The first-order valence-corrected chi connectivity index (χ1v) is 24.7. The van der Waals surface area contributed by atoms with Crippen molar-refractivity contribution in [2.75, 3.05) is 4.90 Å². The molecule has 7 aliphatic carbocycles. The maximum atomic E-state index is 2.64. The van der Waals surface area contributed by atoms with Crippen LogP contribution in [0.5, 0.6) is 0 Å². The Morgan fingerprint density at radius 2 is 0.762 bits per heavy atom. The lowest BCUT2D eigenvalue weighted by atomic mass is 9.43. The van der Waals surface area contributed by atoms with Gasteiger partial charge in [0.2, 0.25) is 0 Å². The number of fused-ring (bicyclic) bond motifs is 5. The first kappa shape index (κ1) is 39.7. The molecule has 6 aromatic rings. The zero-order valence-electron chi connectivity index (χ0n) is 39.2. The first-order valence-electron chi connectivity index (χ1n) is 24.7. The number of rotatable bonds is 5. The van der Waals surface area contributed by atoms with E-state index in [0.717, 1.165) is 23.7 Å². The summed E-state index contributed by atoms with van der Waals surface area (Å²) < 4.78 is 0. The Bertz CT molecular complexity index is 2760. The van der Waals surface area contributed by atoms with Gasteiger partial charge in [-0.3, -0.25) is 0 Å². The van der Waals surface area contributed by atoms with Crippen LogP contribution in [0.4, 0.5) is 17.1 Å². The molecular formula is C62H67N. The third-order valence-electron chi connectivity index (χ3n) is 18.4. The predicted molar refractivity (Wildman–Crippen MR) is 266 cm³/mol. The summed E-state index contributed by atoms with van der Waals surface area (Å²) in [5.41, 5.74) is 22.0. The monoisotopic (exact) mass is 826 g/mol. The van der Waals surface area contributed by atoms with Gasteiger partial charge in [-0.1, -0.05) is 140 Å². The maximum Gasteiger partial charge on any atom is 0.0464 e. The molecule has 0 atom stereocenters. The number of hydrogen-bond acceptors (Lipinski definition) is 1. The van der Waals surface area contributed by atoms with Crippen molar-refractivity contribution in [2.45, 2.75) is 140 Å². The molecule has 1 heteroatoms. The van der Waals surface area contributed by atoms with Crippen molar-refractivity contribution < 1.29 is 0 Å². The molecule has 4 bridgehead atoms. The van der Waals surface area contributed by atoms with Gasteiger partial charge in [0.15, 0.2) is 0 Å². The Kier molecular flexibility index (Phi) is 8.55. The zero-order chi connectivity index (χ0) is 43.3. The summed E-state index contributed by atoms with van der Waals surface area (Å²) in [7, 11) is 0. The highest BCUT2D eigenvalue weighted by atomic mass is 15.1. The van der Waals surface area contributed by atoms with Crippen LogP contribution in [-0.2, 0) is 27.1 Å². The molecule has 0 amide bonds. The van der Waals surface area contributed by atoms with Crippen LogP contribution in [0.25, 0.3) is 33.4 Å². The predicted octanol–water partition coefficient (Wildman–Crippen LogP) is 16.9. The van der Waals surface area contributed by atoms with Crippen molar-refractivity contribution in [1.29, 1.82) is 0 Å². The summed E-state index contributed by atoms with van der Waals surface area (Å²) in [6, 6.07) is 50.6. The Hall–Kier alpha value is -4.88.